The van der Waals surface area contributed by atoms with Crippen LogP contribution in [0.25, 0.3) is 0 Å². The summed E-state index contributed by atoms with van der Waals surface area (Å²) >= 11 is 5.89. The number of nitrogens with one attached hydrogen (secondary N) is 2. The van der Waals surface area contributed by atoms with E-state index in [1.54, 1.807) is 18.2 Å². The Kier molecular flexibility index (Phi) is 7.36. The van der Waals surface area contributed by atoms with Crippen LogP contribution in [-0.4, -0.2) is 17.5 Å². The molecule has 0 spiro atoms. The second-order valence-electron chi connectivity index (χ2n) is 6.05. The number of benzene rings is 2. The molecule has 0 unspecified atom stereocenters. The summed E-state index contributed by atoms with van der Waals surface area (Å²) < 4.78 is 0. The second kappa shape index (κ2) is 9.73. The van der Waals surface area contributed by atoms with Gasteiger partial charge in [0.1, 0.15) is 0 Å². The molecule has 6 heteroatoms. The summed E-state index contributed by atoms with van der Waals surface area (Å²) in [4.78, 5) is 23.8. The largest absolute Gasteiger partial charge is 0.326 e. The third-order valence-electron chi connectivity index (χ3n) is 3.72. The van der Waals surface area contributed by atoms with Crippen molar-refractivity contribution >= 4 is 34.8 Å². The summed E-state index contributed by atoms with van der Waals surface area (Å²) in [5, 5.41) is 7.47. The zero-order chi connectivity index (χ0) is 18.9. The normalized spacial score (nSPS) is 11.1. The molecule has 0 fully saturated rings. The molecule has 0 heterocycles. The maximum absolute atomic E-state index is 12.0. The van der Waals surface area contributed by atoms with Gasteiger partial charge in [-0.2, -0.15) is 5.10 Å². The number of anilines is 1. The van der Waals surface area contributed by atoms with Crippen LogP contribution in [0.4, 0.5) is 5.69 Å². The maximum atomic E-state index is 12.0. The smallest absolute Gasteiger partial charge is 0.240 e. The van der Waals surface area contributed by atoms with Crippen molar-refractivity contribution < 1.29 is 9.59 Å². The van der Waals surface area contributed by atoms with Gasteiger partial charge in [-0.05, 0) is 43.2 Å². The fraction of sp³-hybridized carbons (Fsp3) is 0.250. The first kappa shape index (κ1) is 19.7. The van der Waals surface area contributed by atoms with E-state index in [1.807, 2.05) is 44.2 Å². The van der Waals surface area contributed by atoms with Gasteiger partial charge in [0.25, 0.3) is 0 Å². The molecule has 2 rings (SSSR count). The van der Waals surface area contributed by atoms with E-state index in [2.05, 4.69) is 15.8 Å². The standard InChI is InChI=1S/C20H22ClN3O2/c1-14-12-17(21)8-9-18(14)22-19(25)10-11-20(26)24-23-15(2)13-16-6-4-3-5-7-16/h3-9,12H,10-11,13H2,1-2H3,(H,22,25)(H,24,26). The first-order valence-corrected chi connectivity index (χ1v) is 8.74. The lowest BCUT2D eigenvalue weighted by atomic mass is 10.1. The number of hydrazone groups is 1. The molecule has 2 aromatic rings. The molecule has 0 aliphatic carbocycles. The number of amides is 2. The molecular formula is C20H22ClN3O2. The number of rotatable bonds is 7. The fourth-order valence-electron chi connectivity index (χ4n) is 2.35. The molecule has 0 bridgehead atoms. The monoisotopic (exact) mass is 371 g/mol. The summed E-state index contributed by atoms with van der Waals surface area (Å²) in [6.45, 7) is 3.71. The summed E-state index contributed by atoms with van der Waals surface area (Å²) in [5.41, 5.74) is 5.98. The lowest BCUT2D eigenvalue weighted by molar-refractivity contribution is -0.124. The first-order chi connectivity index (χ1) is 12.4. The molecule has 2 N–H and O–H groups in total. The van der Waals surface area contributed by atoms with E-state index in [9.17, 15) is 9.59 Å². The van der Waals surface area contributed by atoms with E-state index in [-0.39, 0.29) is 24.7 Å². The van der Waals surface area contributed by atoms with Crippen molar-refractivity contribution in [1.82, 2.24) is 5.43 Å². The van der Waals surface area contributed by atoms with Crippen LogP contribution in [0.2, 0.25) is 5.02 Å². The maximum Gasteiger partial charge on any atom is 0.240 e. The van der Waals surface area contributed by atoms with Crippen molar-refractivity contribution in [2.75, 3.05) is 5.32 Å². The fourth-order valence-corrected chi connectivity index (χ4v) is 2.58. The van der Waals surface area contributed by atoms with Crippen LogP contribution in [0.15, 0.2) is 53.6 Å². The van der Waals surface area contributed by atoms with E-state index in [0.29, 0.717) is 17.1 Å². The molecule has 0 aliphatic rings. The Hall–Kier alpha value is -2.66. The number of aryl methyl sites for hydroxylation is 1. The van der Waals surface area contributed by atoms with Gasteiger partial charge in [0.05, 0.1) is 0 Å². The number of carbonyl (C=O) groups excluding carboxylic acids is 2. The highest BCUT2D eigenvalue weighted by Gasteiger charge is 2.08. The van der Waals surface area contributed by atoms with Gasteiger partial charge < -0.3 is 5.32 Å². The topological polar surface area (TPSA) is 70.6 Å². The number of hydrogen-bond donors (Lipinski definition) is 2. The molecule has 2 aromatic carbocycles. The Balaban J connectivity index is 1.75. The SMILES string of the molecule is CC(Cc1ccccc1)=NNC(=O)CCC(=O)Nc1ccc(Cl)cc1C. The number of carbonyl (C=O) groups is 2. The molecule has 0 aromatic heterocycles. The molecule has 0 saturated heterocycles. The minimum atomic E-state index is -0.291. The summed E-state index contributed by atoms with van der Waals surface area (Å²) in [6.07, 6.45) is 0.819. The van der Waals surface area contributed by atoms with Crippen LogP contribution in [0.3, 0.4) is 0 Å². The Bertz CT molecular complexity index is 804. The first-order valence-electron chi connectivity index (χ1n) is 8.36. The van der Waals surface area contributed by atoms with Gasteiger partial charge in [0.15, 0.2) is 0 Å². The number of nitrogens with zero attached hydrogens (tertiary/aromatic N) is 1. The average Bonchev–Trinajstić information content (AvgIpc) is 2.61. The van der Waals surface area contributed by atoms with Crippen molar-refractivity contribution in [3.63, 3.8) is 0 Å². The minimum Gasteiger partial charge on any atom is -0.326 e. The molecular weight excluding hydrogens is 350 g/mol. The second-order valence-corrected chi connectivity index (χ2v) is 6.49. The van der Waals surface area contributed by atoms with Crippen molar-refractivity contribution in [2.24, 2.45) is 5.10 Å². The van der Waals surface area contributed by atoms with Gasteiger partial charge in [-0.15, -0.1) is 0 Å². The van der Waals surface area contributed by atoms with Gasteiger partial charge >= 0.3 is 0 Å². The molecule has 26 heavy (non-hydrogen) atoms. The highest BCUT2D eigenvalue weighted by Crippen LogP contribution is 2.19. The Labute approximate surface area is 158 Å². The predicted molar refractivity (Wildman–Crippen MR) is 105 cm³/mol. The van der Waals surface area contributed by atoms with Gasteiger partial charge in [-0.1, -0.05) is 41.9 Å². The highest BCUT2D eigenvalue weighted by molar-refractivity contribution is 6.30. The summed E-state index contributed by atoms with van der Waals surface area (Å²) in [7, 11) is 0. The van der Waals surface area contributed by atoms with Gasteiger partial charge in [0.2, 0.25) is 11.8 Å². The summed E-state index contributed by atoms with van der Waals surface area (Å²) in [6, 6.07) is 15.1. The zero-order valence-corrected chi connectivity index (χ0v) is 15.6. The van der Waals surface area contributed by atoms with E-state index in [4.69, 9.17) is 11.6 Å². The Morgan fingerprint density at radius 2 is 1.73 bits per heavy atom. The van der Waals surface area contributed by atoms with E-state index >= 15 is 0 Å². The average molecular weight is 372 g/mol. The molecule has 5 nitrogen and oxygen atoms in total. The predicted octanol–water partition coefficient (Wildman–Crippen LogP) is 4.10. The van der Waals surface area contributed by atoms with Crippen molar-refractivity contribution in [1.29, 1.82) is 0 Å². The van der Waals surface area contributed by atoms with Crippen molar-refractivity contribution in [2.45, 2.75) is 33.1 Å². The Morgan fingerprint density at radius 3 is 2.42 bits per heavy atom. The lowest BCUT2D eigenvalue weighted by Gasteiger charge is -2.08. The van der Waals surface area contributed by atoms with Crippen LogP contribution in [-0.2, 0) is 16.0 Å². The van der Waals surface area contributed by atoms with Gasteiger partial charge in [-0.25, -0.2) is 5.43 Å². The number of halogens is 1. The third kappa shape index (κ3) is 6.69. The van der Waals surface area contributed by atoms with E-state index < -0.39 is 0 Å². The molecule has 0 radical (unpaired) electrons. The van der Waals surface area contributed by atoms with Crippen LogP contribution < -0.4 is 10.7 Å². The van der Waals surface area contributed by atoms with Crippen LogP contribution >= 0.6 is 11.6 Å². The van der Waals surface area contributed by atoms with Crippen molar-refractivity contribution in [3.05, 3.63) is 64.7 Å². The van der Waals surface area contributed by atoms with Crippen LogP contribution in [0.1, 0.15) is 30.9 Å². The molecule has 136 valence electrons. The van der Waals surface area contributed by atoms with E-state index in [1.165, 1.54) is 0 Å². The molecule has 2 amide bonds. The molecule has 0 saturated carbocycles. The van der Waals surface area contributed by atoms with Crippen LogP contribution in [0, 0.1) is 6.92 Å². The molecule has 0 atom stereocenters. The van der Waals surface area contributed by atoms with Crippen LogP contribution in [0.5, 0.6) is 0 Å². The van der Waals surface area contributed by atoms with E-state index in [0.717, 1.165) is 16.8 Å². The van der Waals surface area contributed by atoms with Gasteiger partial charge in [-0.3, -0.25) is 9.59 Å². The van der Waals surface area contributed by atoms with Crippen molar-refractivity contribution in [3.8, 4) is 0 Å². The molecule has 0 aliphatic heterocycles. The minimum absolute atomic E-state index is 0.0700. The highest BCUT2D eigenvalue weighted by atomic mass is 35.5. The van der Waals surface area contributed by atoms with Gasteiger partial charge in [0, 0.05) is 35.7 Å². The Morgan fingerprint density at radius 1 is 1.04 bits per heavy atom. The summed E-state index contributed by atoms with van der Waals surface area (Å²) in [5.74, 6) is -0.518. The zero-order valence-electron chi connectivity index (χ0n) is 14.9. The third-order valence-corrected chi connectivity index (χ3v) is 3.95. The lowest BCUT2D eigenvalue weighted by Crippen LogP contribution is -2.22. The quantitative estimate of drug-likeness (QED) is 0.568. The number of hydrogen-bond acceptors (Lipinski definition) is 3.